The van der Waals surface area contributed by atoms with E-state index in [1.54, 1.807) is 10.8 Å². The second kappa shape index (κ2) is 27.3. The van der Waals surface area contributed by atoms with E-state index in [1.807, 2.05) is 24.6 Å². The van der Waals surface area contributed by atoms with Crippen LogP contribution in [0.2, 0.25) is 0 Å². The Balaban J connectivity index is -0.000000196. The summed E-state index contributed by atoms with van der Waals surface area (Å²) in [5.41, 5.74) is 0. The number of ether oxygens (including phenoxy) is 2. The number of hydrogen-bond donors (Lipinski definition) is 2. The van der Waals surface area contributed by atoms with Crippen LogP contribution in [-0.4, -0.2) is 71.7 Å². The summed E-state index contributed by atoms with van der Waals surface area (Å²) < 4.78 is 9.64. The predicted molar refractivity (Wildman–Crippen MR) is 167 cm³/mol. The molecule has 0 rings (SSSR count). The maximum absolute atomic E-state index is 11.1. The minimum absolute atomic E-state index is 0.00911. The van der Waals surface area contributed by atoms with Crippen molar-refractivity contribution in [3.05, 3.63) is 0 Å². The van der Waals surface area contributed by atoms with Gasteiger partial charge in [0.05, 0.1) is 19.6 Å². The molecule has 0 aliphatic heterocycles. The standard InChI is InChI=1S/C10H20O2S2.C6H15N.C5H10O2S.C5H12S/c1-6-10(3,4)14-13-7-8(2)9(11)12-5;1-4-7(5-2)6-3;1-5(3-8)2-7-4-6;1-4-5(2,3)6/h8H,6-7H2,1-5H3;4-6H2,1-3H3;4-5,8H,2-3H2,1H3;6H,4H2,1-3H3. The number of methoxy groups -OCH3 is 1. The first kappa shape index (κ1) is 42.4. The zero-order chi connectivity index (χ0) is 28.5. The van der Waals surface area contributed by atoms with Crippen molar-refractivity contribution < 1.29 is 19.1 Å². The van der Waals surface area contributed by atoms with Crippen LogP contribution in [0, 0.1) is 11.8 Å². The Hall–Kier alpha value is 0.300. The Morgan fingerprint density at radius 2 is 1.46 bits per heavy atom. The van der Waals surface area contributed by atoms with Gasteiger partial charge in [0.1, 0.15) is 0 Å². The van der Waals surface area contributed by atoms with Gasteiger partial charge in [-0.2, -0.15) is 25.3 Å². The number of carbonyl (C=O) groups excluding carboxylic acids is 2. The molecule has 0 saturated heterocycles. The number of carbonyl (C=O) groups is 2. The quantitative estimate of drug-likeness (QED) is 0.0960. The van der Waals surface area contributed by atoms with Gasteiger partial charge in [-0.25, -0.2) is 0 Å². The van der Waals surface area contributed by atoms with Gasteiger partial charge in [0.2, 0.25) is 0 Å². The fourth-order valence-electron chi connectivity index (χ4n) is 1.55. The van der Waals surface area contributed by atoms with Crippen molar-refractivity contribution in [1.82, 2.24) is 4.90 Å². The largest absolute Gasteiger partial charge is 0.469 e. The highest BCUT2D eigenvalue weighted by Gasteiger charge is 2.19. The summed E-state index contributed by atoms with van der Waals surface area (Å²) in [7, 11) is 5.03. The molecule has 9 heteroatoms. The van der Waals surface area contributed by atoms with Gasteiger partial charge in [-0.15, -0.1) is 0 Å². The second-order valence-corrected chi connectivity index (χ2v) is 14.0. The van der Waals surface area contributed by atoms with Crippen molar-refractivity contribution in [2.75, 3.05) is 44.9 Å². The van der Waals surface area contributed by atoms with Gasteiger partial charge in [0, 0.05) is 15.2 Å². The molecule has 0 heterocycles. The van der Waals surface area contributed by atoms with Gasteiger partial charge in [-0.1, -0.05) is 83.9 Å². The van der Waals surface area contributed by atoms with Crippen LogP contribution in [0.25, 0.3) is 0 Å². The lowest BCUT2D eigenvalue weighted by molar-refractivity contribution is -0.144. The third kappa shape index (κ3) is 36.5. The topological polar surface area (TPSA) is 55.8 Å². The molecular formula is C26H57NO4S4. The maximum atomic E-state index is 11.1. The van der Waals surface area contributed by atoms with Gasteiger partial charge >= 0.3 is 5.97 Å². The van der Waals surface area contributed by atoms with Gasteiger partial charge in [0.25, 0.3) is 6.47 Å². The van der Waals surface area contributed by atoms with E-state index >= 15 is 0 Å². The van der Waals surface area contributed by atoms with E-state index in [1.165, 1.54) is 26.7 Å². The molecule has 0 N–H and O–H groups in total. The van der Waals surface area contributed by atoms with Crippen LogP contribution in [0.4, 0.5) is 0 Å². The molecule has 2 unspecified atom stereocenters. The fourth-order valence-corrected chi connectivity index (χ4v) is 4.63. The number of nitrogens with zero attached hydrogens (tertiary/aromatic N) is 1. The zero-order valence-electron chi connectivity index (χ0n) is 24.7. The summed E-state index contributed by atoms with van der Waals surface area (Å²) >= 11 is 8.25. The predicted octanol–water partition coefficient (Wildman–Crippen LogP) is 7.54. The monoisotopic (exact) mass is 575 g/mol. The normalized spacial score (nSPS) is 12.5. The maximum Gasteiger partial charge on any atom is 0.309 e. The van der Waals surface area contributed by atoms with Crippen molar-refractivity contribution >= 4 is 59.3 Å². The summed E-state index contributed by atoms with van der Waals surface area (Å²) in [5.74, 6) is 1.82. The molecule has 0 aliphatic rings. The fraction of sp³-hybridized carbons (Fsp3) is 0.923. The van der Waals surface area contributed by atoms with E-state index < -0.39 is 0 Å². The van der Waals surface area contributed by atoms with Crippen LogP contribution in [0.3, 0.4) is 0 Å². The average molecular weight is 576 g/mol. The van der Waals surface area contributed by atoms with E-state index in [9.17, 15) is 9.59 Å². The first-order valence-corrected chi connectivity index (χ1v) is 16.0. The van der Waals surface area contributed by atoms with Crippen molar-refractivity contribution in [3.8, 4) is 0 Å². The summed E-state index contributed by atoms with van der Waals surface area (Å²) in [6, 6.07) is 0. The molecule has 0 aliphatic carbocycles. The summed E-state index contributed by atoms with van der Waals surface area (Å²) in [6.07, 6.45) is 2.27. The van der Waals surface area contributed by atoms with E-state index in [0.717, 1.165) is 24.3 Å². The molecule has 2 atom stereocenters. The Bertz CT molecular complexity index is 465. The highest BCUT2D eigenvalue weighted by atomic mass is 33.1. The lowest BCUT2D eigenvalue weighted by Gasteiger charge is -2.21. The second-order valence-electron chi connectivity index (χ2n) is 9.41. The molecule has 0 fully saturated rings. The van der Waals surface area contributed by atoms with Crippen LogP contribution in [-0.2, 0) is 19.1 Å². The molecule has 5 nitrogen and oxygen atoms in total. The summed E-state index contributed by atoms with van der Waals surface area (Å²) in [4.78, 5) is 23.0. The Labute approximate surface area is 237 Å². The lowest BCUT2D eigenvalue weighted by atomic mass is 10.1. The van der Waals surface area contributed by atoms with E-state index in [-0.39, 0.29) is 16.6 Å². The third-order valence-corrected chi connectivity index (χ3v) is 9.57. The highest BCUT2D eigenvalue weighted by Crippen LogP contribution is 2.38. The molecule has 0 saturated carbocycles. The van der Waals surface area contributed by atoms with Gasteiger partial charge < -0.3 is 14.4 Å². The van der Waals surface area contributed by atoms with Crippen LogP contribution in [0.5, 0.6) is 0 Å². The van der Waals surface area contributed by atoms with Crippen molar-refractivity contribution in [2.45, 2.75) is 98.5 Å². The van der Waals surface area contributed by atoms with Crippen molar-refractivity contribution in [3.63, 3.8) is 0 Å². The number of hydrogen-bond acceptors (Lipinski definition) is 9. The Morgan fingerprint density at radius 3 is 1.71 bits per heavy atom. The SMILES string of the molecule is CC(CS)COC=O.CCC(C)(C)S.CCC(C)(C)SSCC(C)C(=O)OC.CCN(CC)CC. The van der Waals surface area contributed by atoms with Gasteiger partial charge in [0.15, 0.2) is 0 Å². The molecular weight excluding hydrogens is 519 g/mol. The molecule has 0 aromatic heterocycles. The average Bonchev–Trinajstić information content (AvgIpc) is 2.83. The van der Waals surface area contributed by atoms with Gasteiger partial charge in [-0.05, 0) is 58.0 Å². The van der Waals surface area contributed by atoms with E-state index in [0.29, 0.717) is 23.7 Å². The van der Waals surface area contributed by atoms with Gasteiger partial charge in [-0.3, -0.25) is 9.59 Å². The van der Waals surface area contributed by atoms with Crippen LogP contribution in [0.15, 0.2) is 0 Å². The molecule has 0 aromatic rings. The molecule has 35 heavy (non-hydrogen) atoms. The van der Waals surface area contributed by atoms with E-state index in [2.05, 4.69) is 102 Å². The summed E-state index contributed by atoms with van der Waals surface area (Å²) in [5, 5.41) is 0. The molecule has 0 radical (unpaired) electrons. The molecule has 0 aromatic carbocycles. The highest BCUT2D eigenvalue weighted by molar-refractivity contribution is 8.77. The smallest absolute Gasteiger partial charge is 0.309 e. The van der Waals surface area contributed by atoms with E-state index in [4.69, 9.17) is 0 Å². The number of rotatable bonds is 14. The van der Waals surface area contributed by atoms with Crippen molar-refractivity contribution in [1.29, 1.82) is 0 Å². The molecule has 214 valence electrons. The van der Waals surface area contributed by atoms with Crippen molar-refractivity contribution in [2.24, 2.45) is 11.8 Å². The third-order valence-electron chi connectivity index (χ3n) is 5.02. The van der Waals surface area contributed by atoms with Crippen LogP contribution < -0.4 is 0 Å². The summed E-state index contributed by atoms with van der Waals surface area (Å²) in [6.45, 7) is 27.9. The first-order valence-electron chi connectivity index (χ1n) is 12.6. The molecule has 0 bridgehead atoms. The molecule has 0 spiro atoms. The number of thiol groups is 2. The lowest BCUT2D eigenvalue weighted by Crippen LogP contribution is -2.21. The van der Waals surface area contributed by atoms with Crippen LogP contribution in [0.1, 0.15) is 89.0 Å². The zero-order valence-corrected chi connectivity index (χ0v) is 28.1. The minimum atomic E-state index is -0.118. The van der Waals surface area contributed by atoms with Crippen LogP contribution >= 0.6 is 46.8 Å². The minimum Gasteiger partial charge on any atom is -0.469 e. The Kier molecular flexibility index (Phi) is 33.1. The molecule has 0 amide bonds. The number of esters is 1. The Morgan fingerprint density at radius 1 is 1.00 bits per heavy atom. The first-order chi connectivity index (χ1) is 16.1.